The fraction of sp³-hybridized carbons (Fsp3) is 0.333. The fourth-order valence-corrected chi connectivity index (χ4v) is 1.21. The Kier molecular flexibility index (Phi) is 5.16. The van der Waals surface area contributed by atoms with Crippen molar-refractivity contribution < 1.29 is 19.4 Å². The van der Waals surface area contributed by atoms with E-state index in [0.29, 0.717) is 0 Å². The highest BCUT2D eigenvalue weighted by Crippen LogP contribution is 2.03. The van der Waals surface area contributed by atoms with Gasteiger partial charge in [0, 0.05) is 7.05 Å². The van der Waals surface area contributed by atoms with Crippen LogP contribution < -0.4 is 5.32 Å². The molecule has 0 saturated heterocycles. The number of carbonyl (C=O) groups is 2. The lowest BCUT2D eigenvalue weighted by Gasteiger charge is -2.09. The summed E-state index contributed by atoms with van der Waals surface area (Å²) in [4.78, 5) is 22.2. The quantitative estimate of drug-likeness (QED) is 0.719. The van der Waals surface area contributed by atoms with Crippen LogP contribution in [0.25, 0.3) is 0 Å². The molecule has 1 amide bonds. The van der Waals surface area contributed by atoms with Crippen molar-refractivity contribution in [1.82, 2.24) is 5.32 Å². The van der Waals surface area contributed by atoms with Gasteiger partial charge in [0.2, 0.25) is 5.91 Å². The van der Waals surface area contributed by atoms with Crippen molar-refractivity contribution in [2.24, 2.45) is 0 Å². The van der Waals surface area contributed by atoms with Crippen molar-refractivity contribution in [2.45, 2.75) is 19.1 Å². The predicted octanol–water partition coefficient (Wildman–Crippen LogP) is 0.227. The number of aliphatic hydroxyl groups excluding tert-OH is 1. The number of benzene rings is 1. The van der Waals surface area contributed by atoms with Crippen LogP contribution in [0.2, 0.25) is 0 Å². The maximum Gasteiger partial charge on any atom is 0.309 e. The molecule has 0 aliphatic rings. The molecule has 0 bridgehead atoms. The molecule has 0 aliphatic heterocycles. The number of amides is 1. The van der Waals surface area contributed by atoms with E-state index in [4.69, 9.17) is 4.74 Å². The van der Waals surface area contributed by atoms with Gasteiger partial charge in [-0.15, -0.1) is 0 Å². The average molecular weight is 237 g/mol. The summed E-state index contributed by atoms with van der Waals surface area (Å²) in [5.74, 6) is -1.20. The maximum absolute atomic E-state index is 11.3. The van der Waals surface area contributed by atoms with Gasteiger partial charge in [-0.25, -0.2) is 0 Å². The molecule has 0 fully saturated rings. The highest BCUT2D eigenvalue weighted by atomic mass is 16.5. The van der Waals surface area contributed by atoms with Crippen LogP contribution in [0.5, 0.6) is 0 Å². The summed E-state index contributed by atoms with van der Waals surface area (Å²) in [6, 6.07) is 9.18. The molecule has 0 radical (unpaired) electrons. The molecule has 0 aromatic heterocycles. The van der Waals surface area contributed by atoms with Gasteiger partial charge in [-0.2, -0.15) is 0 Å². The molecule has 5 heteroatoms. The van der Waals surface area contributed by atoms with Crippen LogP contribution in [0.4, 0.5) is 0 Å². The third-order valence-corrected chi connectivity index (χ3v) is 2.15. The molecule has 0 saturated carbocycles. The lowest BCUT2D eigenvalue weighted by Crippen LogP contribution is -2.33. The smallest absolute Gasteiger partial charge is 0.309 e. The van der Waals surface area contributed by atoms with Crippen LogP contribution in [0.15, 0.2) is 30.3 Å². The lowest BCUT2D eigenvalue weighted by atomic mass is 10.2. The Morgan fingerprint density at radius 2 is 2.00 bits per heavy atom. The molecule has 5 nitrogen and oxygen atoms in total. The second-order valence-electron chi connectivity index (χ2n) is 3.48. The number of rotatable bonds is 5. The Labute approximate surface area is 99.4 Å². The van der Waals surface area contributed by atoms with Gasteiger partial charge in [0.15, 0.2) is 0 Å². The highest BCUT2D eigenvalue weighted by molar-refractivity contribution is 5.85. The SMILES string of the molecule is CNC(=O)C(O)CC(=O)OCc1ccccc1. The standard InChI is InChI=1S/C12H15NO4/c1-13-12(16)10(14)7-11(15)17-8-9-5-3-2-4-6-9/h2-6,10,14H,7-8H2,1H3,(H,13,16). The second kappa shape index (κ2) is 6.65. The van der Waals surface area contributed by atoms with Crippen molar-refractivity contribution in [1.29, 1.82) is 0 Å². The first-order valence-electron chi connectivity index (χ1n) is 5.22. The van der Waals surface area contributed by atoms with E-state index in [1.54, 1.807) is 0 Å². The van der Waals surface area contributed by atoms with E-state index in [1.807, 2.05) is 30.3 Å². The minimum Gasteiger partial charge on any atom is -0.461 e. The fourth-order valence-electron chi connectivity index (χ4n) is 1.21. The first kappa shape index (κ1) is 13.2. The number of hydrogen-bond acceptors (Lipinski definition) is 4. The molecule has 1 rings (SSSR count). The summed E-state index contributed by atoms with van der Waals surface area (Å²) >= 11 is 0. The Morgan fingerprint density at radius 3 is 2.59 bits per heavy atom. The van der Waals surface area contributed by atoms with E-state index in [2.05, 4.69) is 5.32 Å². The first-order chi connectivity index (χ1) is 8.13. The topological polar surface area (TPSA) is 75.6 Å². The molecule has 17 heavy (non-hydrogen) atoms. The van der Waals surface area contributed by atoms with Crippen molar-refractivity contribution in [3.8, 4) is 0 Å². The van der Waals surface area contributed by atoms with Gasteiger partial charge in [-0.05, 0) is 5.56 Å². The number of ether oxygens (including phenoxy) is 1. The summed E-state index contributed by atoms with van der Waals surface area (Å²) in [5, 5.41) is 11.5. The van der Waals surface area contributed by atoms with Gasteiger partial charge < -0.3 is 15.2 Å². The number of carbonyl (C=O) groups excluding carboxylic acids is 2. The molecule has 1 aromatic carbocycles. The van der Waals surface area contributed by atoms with Gasteiger partial charge in [0.1, 0.15) is 12.7 Å². The Bertz CT molecular complexity index is 377. The molecule has 92 valence electrons. The highest BCUT2D eigenvalue weighted by Gasteiger charge is 2.18. The summed E-state index contributed by atoms with van der Waals surface area (Å²) < 4.78 is 4.91. The van der Waals surface area contributed by atoms with Crippen LogP contribution >= 0.6 is 0 Å². The van der Waals surface area contributed by atoms with Gasteiger partial charge in [0.05, 0.1) is 6.42 Å². The molecule has 0 heterocycles. The van der Waals surface area contributed by atoms with Crippen molar-refractivity contribution in [2.75, 3.05) is 7.05 Å². The maximum atomic E-state index is 11.3. The number of nitrogens with one attached hydrogen (secondary N) is 1. The van der Waals surface area contributed by atoms with Crippen LogP contribution in [0.1, 0.15) is 12.0 Å². The summed E-state index contributed by atoms with van der Waals surface area (Å²) in [6.07, 6.45) is -1.70. The first-order valence-corrected chi connectivity index (χ1v) is 5.22. The molecule has 2 N–H and O–H groups in total. The molecule has 1 atom stereocenters. The van der Waals surface area contributed by atoms with Crippen molar-refractivity contribution >= 4 is 11.9 Å². The van der Waals surface area contributed by atoms with Gasteiger partial charge in [0.25, 0.3) is 0 Å². The van der Waals surface area contributed by atoms with Crippen molar-refractivity contribution in [3.05, 3.63) is 35.9 Å². The predicted molar refractivity (Wildman–Crippen MR) is 60.9 cm³/mol. The summed E-state index contributed by atoms with van der Waals surface area (Å²) in [5.41, 5.74) is 0.857. The van der Waals surface area contributed by atoms with Crippen LogP contribution in [-0.2, 0) is 20.9 Å². The lowest BCUT2D eigenvalue weighted by molar-refractivity contribution is -0.150. The zero-order chi connectivity index (χ0) is 12.7. The number of aliphatic hydroxyl groups is 1. The van der Waals surface area contributed by atoms with E-state index < -0.39 is 18.0 Å². The monoisotopic (exact) mass is 237 g/mol. The second-order valence-corrected chi connectivity index (χ2v) is 3.48. The summed E-state index contributed by atoms with van der Waals surface area (Å²) in [6.45, 7) is 0.139. The van der Waals surface area contributed by atoms with E-state index in [1.165, 1.54) is 7.05 Å². The van der Waals surface area contributed by atoms with Crippen LogP contribution in [0.3, 0.4) is 0 Å². The van der Waals surface area contributed by atoms with E-state index in [-0.39, 0.29) is 13.0 Å². The molecule has 1 aromatic rings. The molecule has 1 unspecified atom stereocenters. The van der Waals surface area contributed by atoms with Crippen LogP contribution in [0, 0.1) is 0 Å². The largest absolute Gasteiger partial charge is 0.461 e. The minimum absolute atomic E-state index is 0.139. The molecule has 0 aliphatic carbocycles. The van der Waals surface area contributed by atoms with Crippen molar-refractivity contribution in [3.63, 3.8) is 0 Å². The third kappa shape index (κ3) is 4.65. The third-order valence-electron chi connectivity index (χ3n) is 2.15. The Morgan fingerprint density at radius 1 is 1.35 bits per heavy atom. The van der Waals surface area contributed by atoms with E-state index >= 15 is 0 Å². The van der Waals surface area contributed by atoms with Gasteiger partial charge in [-0.3, -0.25) is 9.59 Å². The van der Waals surface area contributed by atoms with E-state index in [9.17, 15) is 14.7 Å². The number of esters is 1. The van der Waals surface area contributed by atoms with Crippen LogP contribution in [-0.4, -0.2) is 30.1 Å². The molecule has 0 spiro atoms. The number of hydrogen-bond donors (Lipinski definition) is 2. The molecular weight excluding hydrogens is 222 g/mol. The number of likely N-dealkylation sites (N-methyl/N-ethyl adjacent to an activating group) is 1. The van der Waals surface area contributed by atoms with Gasteiger partial charge in [-0.1, -0.05) is 30.3 Å². The Hall–Kier alpha value is -1.88. The molecular formula is C12H15NO4. The van der Waals surface area contributed by atoms with E-state index in [0.717, 1.165) is 5.56 Å². The minimum atomic E-state index is -1.36. The Balaban J connectivity index is 2.33. The average Bonchev–Trinajstić information content (AvgIpc) is 2.36. The zero-order valence-electron chi connectivity index (χ0n) is 9.55. The zero-order valence-corrected chi connectivity index (χ0v) is 9.55. The summed E-state index contributed by atoms with van der Waals surface area (Å²) in [7, 11) is 1.39. The van der Waals surface area contributed by atoms with Gasteiger partial charge >= 0.3 is 5.97 Å². The normalized spacial score (nSPS) is 11.6.